The number of halogens is 2. The van der Waals surface area contributed by atoms with Gasteiger partial charge in [0, 0.05) is 123 Å². The van der Waals surface area contributed by atoms with Crippen LogP contribution in [0.3, 0.4) is 0 Å². The number of hydrogen-bond acceptors (Lipinski definition) is 18. The van der Waals surface area contributed by atoms with Crippen LogP contribution in [0.15, 0.2) is 254 Å². The molecule has 23 heteroatoms. The highest BCUT2D eigenvalue weighted by Gasteiger charge is 2.36. The molecule has 15 nitrogen and oxygen atoms in total. The number of allylic oxidation sites excluding steroid dienone is 12. The summed E-state index contributed by atoms with van der Waals surface area (Å²) in [4.78, 5) is 26.3. The number of nitrogens with zero attached hydrogens (tertiary/aromatic N) is 4. The van der Waals surface area contributed by atoms with E-state index in [0.717, 1.165) is 28.2 Å². The quantitative estimate of drug-likeness (QED) is 0.0371. The van der Waals surface area contributed by atoms with Gasteiger partial charge in [-0.2, -0.15) is 10.5 Å². The van der Waals surface area contributed by atoms with E-state index < -0.39 is 39.0 Å². The lowest BCUT2D eigenvalue weighted by molar-refractivity contribution is -0.401. The predicted octanol–water partition coefficient (Wildman–Crippen LogP) is 23.2. The summed E-state index contributed by atoms with van der Waals surface area (Å²) in [6, 6.07) is 47.9. The van der Waals surface area contributed by atoms with Gasteiger partial charge in [0.1, 0.15) is 62.6 Å². The molecule has 9 aromatic rings. The molecule has 8 aromatic carbocycles. The zero-order valence-electron chi connectivity index (χ0n) is 57.2. The fraction of sp³-hybridized carbons (Fsp3) is 0.107. The molecule has 0 amide bonds. The lowest BCUT2D eigenvalue weighted by Gasteiger charge is -2.27. The van der Waals surface area contributed by atoms with Crippen LogP contribution in [0.25, 0.3) is 44.7 Å². The first-order valence-electron chi connectivity index (χ1n) is 33.0. The van der Waals surface area contributed by atoms with Gasteiger partial charge in [0.2, 0.25) is 5.75 Å². The maximum absolute atomic E-state index is 15.7. The molecule has 0 saturated carbocycles. The van der Waals surface area contributed by atoms with Crippen LogP contribution in [0, 0.1) is 61.4 Å². The lowest BCUT2D eigenvalue weighted by Crippen LogP contribution is -2.16. The van der Waals surface area contributed by atoms with Gasteiger partial charge in [-0.05, 0) is 172 Å². The molecule has 4 aliphatic carbocycles. The van der Waals surface area contributed by atoms with Gasteiger partial charge in [-0.25, -0.2) is 8.78 Å². The molecule has 1 unspecified atom stereocenters. The summed E-state index contributed by atoms with van der Waals surface area (Å²) < 4.78 is 70.5. The van der Waals surface area contributed by atoms with Crippen molar-refractivity contribution in [2.45, 2.75) is 69.6 Å². The third-order valence-corrected chi connectivity index (χ3v) is 20.9. The molecule has 0 spiro atoms. The Balaban J connectivity index is 0.879. The van der Waals surface area contributed by atoms with Crippen molar-refractivity contribution in [1.29, 1.82) is 10.5 Å². The molecular formula is C84H55F2N4O11S6. The van der Waals surface area contributed by atoms with E-state index in [1.807, 2.05) is 81.4 Å². The normalized spacial score (nSPS) is 15.1. The zero-order chi connectivity index (χ0) is 75.6. The van der Waals surface area contributed by atoms with E-state index in [0.29, 0.717) is 110 Å². The molecule has 107 heavy (non-hydrogen) atoms. The Morgan fingerprint density at radius 3 is 1.88 bits per heavy atom. The lowest BCUT2D eigenvalue weighted by atomic mass is 9.88. The second-order valence-electron chi connectivity index (χ2n) is 24.9. The summed E-state index contributed by atoms with van der Waals surface area (Å²) in [6.45, 7) is 8.93. The zero-order valence-corrected chi connectivity index (χ0v) is 62.1. The highest BCUT2D eigenvalue weighted by molar-refractivity contribution is 7.99. The first kappa shape index (κ1) is 73.5. The van der Waals surface area contributed by atoms with Crippen LogP contribution in [-0.4, -0.2) is 34.7 Å². The number of furan rings is 1. The molecule has 0 bridgehead atoms. The van der Waals surface area contributed by atoms with Crippen molar-refractivity contribution in [3.8, 4) is 86.0 Å². The molecule has 1 radical (unpaired) electrons. The first-order chi connectivity index (χ1) is 51.5. The molecule has 0 aliphatic heterocycles. The number of nitro benzene ring substituents is 1. The van der Waals surface area contributed by atoms with E-state index >= 15 is 9.50 Å². The van der Waals surface area contributed by atoms with Gasteiger partial charge in [0.25, 0.3) is 5.69 Å². The van der Waals surface area contributed by atoms with Gasteiger partial charge in [0.05, 0.1) is 33.1 Å². The summed E-state index contributed by atoms with van der Waals surface area (Å²) in [5.41, 5.74) is 6.83. The Hall–Kier alpha value is -11.8. The van der Waals surface area contributed by atoms with E-state index in [1.165, 1.54) is 59.6 Å². The topological polar surface area (TPSA) is 213 Å². The van der Waals surface area contributed by atoms with Crippen molar-refractivity contribution in [1.82, 2.24) is 0 Å². The monoisotopic (exact) mass is 1530 g/mol. The predicted molar refractivity (Wildman–Crippen MR) is 426 cm³/mol. The molecule has 0 fully saturated rings. The Morgan fingerprint density at radius 2 is 1.22 bits per heavy atom. The third kappa shape index (κ3) is 14.9. The molecule has 1 atom stereocenters. The van der Waals surface area contributed by atoms with Gasteiger partial charge >= 0.3 is 5.88 Å². The highest BCUT2D eigenvalue weighted by Crippen LogP contribution is 2.56. The number of rotatable bonds is 21. The van der Waals surface area contributed by atoms with Crippen LogP contribution in [0.4, 0.5) is 20.4 Å². The number of ether oxygens (including phenoxy) is 5. The van der Waals surface area contributed by atoms with Crippen molar-refractivity contribution in [3.63, 3.8) is 0 Å². The van der Waals surface area contributed by atoms with Crippen LogP contribution < -0.4 is 23.7 Å². The van der Waals surface area contributed by atoms with Crippen molar-refractivity contribution in [2.75, 3.05) is 0 Å². The van der Waals surface area contributed by atoms with Crippen LogP contribution in [0.1, 0.15) is 91.8 Å². The largest absolute Gasteiger partial charge is 0.456 e. The average molecular weight is 1530 g/mol. The van der Waals surface area contributed by atoms with Crippen molar-refractivity contribution < 1.29 is 51.8 Å². The maximum atomic E-state index is 15.7. The summed E-state index contributed by atoms with van der Waals surface area (Å²) in [5.74, 6) is -3.05. The van der Waals surface area contributed by atoms with E-state index in [1.54, 1.807) is 92.8 Å². The van der Waals surface area contributed by atoms with Crippen molar-refractivity contribution in [2.24, 2.45) is 0 Å². The summed E-state index contributed by atoms with van der Waals surface area (Å²) in [6.07, 6.45) is 10.9. The van der Waals surface area contributed by atoms with E-state index in [-0.39, 0.29) is 92.0 Å². The fourth-order valence-corrected chi connectivity index (χ4v) is 15.3. The molecule has 1 heterocycles. The molecule has 1 aromatic heterocycles. The Labute approximate surface area is 644 Å². The molecule has 0 saturated heterocycles. The number of para-hydroxylation sites is 1. The third-order valence-electron chi connectivity index (χ3n) is 18.2. The minimum Gasteiger partial charge on any atom is -0.456 e. The maximum Gasteiger partial charge on any atom is 0.433 e. The SMILES string of the molecule is CC1=CC(=S)C(c2cccc(F)c2F)C=C1Oc1c(Sc2ccc(-c3ccccc3)cc2)ccc(Oc2cc(C#N)ccc2C2=C(C)C(Oc3c(C#N)cccc3C3=C(C)C(Oc4c([O])c(-c5ccc([N+](=O)[O-])o5)c(OC5=CCC(=S)C=C5C)c(C=S)c4-c4ccc([N+](=O)[O-])cc4)=CCC3=S)=CCC2=S)c1C. The Bertz CT molecular complexity index is 5740. The van der Waals surface area contributed by atoms with Gasteiger partial charge in [-0.1, -0.05) is 140 Å². The summed E-state index contributed by atoms with van der Waals surface area (Å²) in [7, 11) is 0. The van der Waals surface area contributed by atoms with Crippen LogP contribution in [-0.2, 0) is 5.11 Å². The smallest absolute Gasteiger partial charge is 0.433 e. The average Bonchev–Trinajstić information content (AvgIpc) is 1.57. The number of benzene rings is 8. The van der Waals surface area contributed by atoms with Crippen LogP contribution in [0.5, 0.6) is 40.2 Å². The molecule has 0 N–H and O–H groups in total. The molecule has 527 valence electrons. The molecular weight excluding hydrogens is 1470 g/mol. The fourth-order valence-electron chi connectivity index (χ4n) is 12.8. The number of thiocarbonyl (C=S) groups is 5. The Morgan fingerprint density at radius 1 is 0.589 bits per heavy atom. The second kappa shape index (κ2) is 31.1. The van der Waals surface area contributed by atoms with Gasteiger partial charge in [-0.15, -0.1) is 0 Å². The van der Waals surface area contributed by atoms with Gasteiger partial charge < -0.3 is 28.1 Å². The van der Waals surface area contributed by atoms with Crippen LogP contribution in [0.2, 0.25) is 0 Å². The number of nitro groups is 2. The number of non-ortho nitro benzene ring substituents is 1. The number of hydrogen-bond donors (Lipinski definition) is 0. The second-order valence-corrected chi connectivity index (χ2v) is 28.3. The molecule has 4 aliphatic rings. The van der Waals surface area contributed by atoms with E-state index in [2.05, 4.69) is 12.1 Å². The first-order valence-corrected chi connectivity index (χ1v) is 35.9. The Kier molecular flexibility index (Phi) is 21.4. The van der Waals surface area contributed by atoms with E-state index in [4.69, 9.17) is 89.2 Å². The summed E-state index contributed by atoms with van der Waals surface area (Å²) >= 11 is 30.8. The highest BCUT2D eigenvalue weighted by atomic mass is 32.2. The standard InChI is InChI=1S/C84H55F2N4O11S6/c1-44-37-55(103)24-28-63(44)98-83-61(43-102)77(52-18-22-54(23-19-52)89(92)93)84(80(91)78(83)67-32-36-74(97-67)90(94)95)100-65-30-34-71(105)76(47(65)4)59-15-9-13-53(42-88)82(59)99-64-29-33-70(104)75(46(64)3)58-27-17-49(41-87)39-69(58)96-66-31-35-73(107-56-25-20-51(21-26-56)50-11-7-6-8-12-50)81(48(66)5)101-68-40-60(72(106)38-45(68)2)57-14-10-16-62(85)79(57)86/h6-23,25-32,35-40,43,60H,24,33-34H2,1-5H3. The van der Waals surface area contributed by atoms with Crippen LogP contribution >= 0.6 is 72.9 Å². The minimum atomic E-state index is -1.02. The van der Waals surface area contributed by atoms with E-state index in [9.17, 15) is 35.1 Å². The van der Waals surface area contributed by atoms with Crippen molar-refractivity contribution >= 4 is 120 Å². The summed E-state index contributed by atoms with van der Waals surface area (Å²) in [5, 5.41) is 62.5. The van der Waals surface area contributed by atoms with Crippen molar-refractivity contribution in [3.05, 3.63) is 310 Å². The minimum absolute atomic E-state index is 0.0508. The van der Waals surface area contributed by atoms with Gasteiger partial charge in [0.15, 0.2) is 28.9 Å². The molecule has 13 rings (SSSR count). The number of nitriles is 2. The van der Waals surface area contributed by atoms with Gasteiger partial charge in [-0.3, -0.25) is 25.3 Å².